The van der Waals surface area contributed by atoms with Crippen LogP contribution in [0.15, 0.2) is 174 Å². The van der Waals surface area contributed by atoms with E-state index in [1.54, 1.807) is 0 Å². The Morgan fingerprint density at radius 1 is 0.491 bits per heavy atom. The van der Waals surface area contributed by atoms with Crippen molar-refractivity contribution >= 4 is 54.6 Å². The maximum atomic E-state index is 6.59. The van der Waals surface area contributed by atoms with Crippen molar-refractivity contribution < 1.29 is 4.42 Å². The lowest BCUT2D eigenvalue weighted by atomic mass is 9.91. The van der Waals surface area contributed by atoms with Gasteiger partial charge in [0.1, 0.15) is 16.8 Å². The van der Waals surface area contributed by atoms with Gasteiger partial charge in [-0.05, 0) is 97.2 Å². The van der Waals surface area contributed by atoms with Crippen LogP contribution in [0.4, 0.5) is 0 Å². The molecule has 2 aliphatic rings. The molecule has 0 bridgehead atoms. The van der Waals surface area contributed by atoms with Crippen LogP contribution in [-0.4, -0.2) is 14.5 Å². The highest BCUT2D eigenvalue weighted by Gasteiger charge is 2.41. The molecular weight excluding hydrogens is 671 g/mol. The van der Waals surface area contributed by atoms with E-state index in [1.165, 1.54) is 66.2 Å². The van der Waals surface area contributed by atoms with E-state index >= 15 is 0 Å². The number of fused-ring (bicyclic) bond motifs is 14. The number of furan rings is 1. The minimum Gasteiger partial charge on any atom is -0.452 e. The molecule has 0 aliphatic heterocycles. The minimum atomic E-state index is 0.177. The third-order valence-corrected chi connectivity index (χ3v) is 12.0. The van der Waals surface area contributed by atoms with Crippen molar-refractivity contribution in [3.8, 4) is 50.6 Å². The van der Waals surface area contributed by atoms with Crippen molar-refractivity contribution in [2.24, 2.45) is 0 Å². The summed E-state index contributed by atoms with van der Waals surface area (Å²) in [5, 5.41) is 5.75. The van der Waals surface area contributed by atoms with Gasteiger partial charge in [0.15, 0.2) is 5.58 Å². The summed E-state index contributed by atoms with van der Waals surface area (Å²) < 4.78 is 8.88. The molecule has 2 aliphatic carbocycles. The van der Waals surface area contributed by atoms with Crippen molar-refractivity contribution in [3.05, 3.63) is 187 Å². The Bertz CT molecular complexity index is 3440. The molecule has 13 rings (SSSR count). The normalized spacial score (nSPS) is 14.0. The van der Waals surface area contributed by atoms with Crippen LogP contribution in [0.25, 0.3) is 105 Å². The zero-order valence-electron chi connectivity index (χ0n) is 29.5. The van der Waals surface area contributed by atoms with Gasteiger partial charge in [0, 0.05) is 27.6 Å². The van der Waals surface area contributed by atoms with E-state index in [4.69, 9.17) is 14.4 Å². The first-order chi connectivity index (χ1) is 27.3. The zero-order valence-corrected chi connectivity index (χ0v) is 29.5. The molecule has 55 heavy (non-hydrogen) atoms. The molecule has 0 radical (unpaired) electrons. The molecule has 0 fully saturated rings. The summed E-state index contributed by atoms with van der Waals surface area (Å²) in [5.74, 6) is 0.803. The lowest BCUT2D eigenvalue weighted by Gasteiger charge is -2.13. The second-order valence-corrected chi connectivity index (χ2v) is 14.9. The van der Waals surface area contributed by atoms with Crippen LogP contribution in [0, 0.1) is 0 Å². The van der Waals surface area contributed by atoms with Crippen LogP contribution in [0.2, 0.25) is 0 Å². The molecule has 8 aromatic carbocycles. The van der Waals surface area contributed by atoms with Crippen LogP contribution in [0.5, 0.6) is 0 Å². The lowest BCUT2D eigenvalue weighted by Crippen LogP contribution is -2.03. The molecule has 1 atom stereocenters. The average Bonchev–Trinajstić information content (AvgIpc) is 3.98. The summed E-state index contributed by atoms with van der Waals surface area (Å²) in [6, 6.07) is 61.1. The van der Waals surface area contributed by atoms with Gasteiger partial charge in [0.25, 0.3) is 0 Å². The molecule has 254 valence electrons. The smallest absolute Gasteiger partial charge is 0.236 e. The summed E-state index contributed by atoms with van der Waals surface area (Å²) in [7, 11) is 0. The first-order valence-electron chi connectivity index (χ1n) is 18.9. The van der Waals surface area contributed by atoms with Gasteiger partial charge >= 0.3 is 0 Å². The Hall–Kier alpha value is -7.30. The topological polar surface area (TPSA) is 43.9 Å². The molecule has 4 nitrogen and oxygen atoms in total. The van der Waals surface area contributed by atoms with Crippen molar-refractivity contribution in [3.63, 3.8) is 0 Å². The fraction of sp³-hybridized carbons (Fsp3) is 0.0196. The maximum Gasteiger partial charge on any atom is 0.236 e. The Labute approximate surface area is 315 Å². The molecule has 3 aromatic heterocycles. The van der Waals surface area contributed by atoms with Gasteiger partial charge in [-0.3, -0.25) is 4.57 Å². The Balaban J connectivity index is 1.15. The molecule has 3 heterocycles. The number of rotatable bonds is 3. The van der Waals surface area contributed by atoms with Crippen molar-refractivity contribution in [2.75, 3.05) is 0 Å². The molecule has 0 N–H and O–H groups in total. The molecular formula is C51H29N3O. The number of hydrogen-bond donors (Lipinski definition) is 0. The first kappa shape index (κ1) is 29.2. The molecule has 0 saturated heterocycles. The quantitative estimate of drug-likeness (QED) is 0.184. The standard InChI is InChI=1S/C51H29N3O/c1-2-12-29(13-3-1)32-24-25-34-39(27-32)44-35-16-6-7-17-36(35)46-45-37-18-8-10-20-41(37)54(42(45)28-40(34)47(44)46)51-52-48(33-23-22-30-14-4-5-15-31(30)26-33)50-49(53-51)38-19-9-11-21-43(38)55-50/h1-28,44H. The third kappa shape index (κ3) is 3.90. The van der Waals surface area contributed by atoms with E-state index in [-0.39, 0.29) is 5.92 Å². The number of hydrogen-bond acceptors (Lipinski definition) is 3. The van der Waals surface area contributed by atoms with Crippen LogP contribution in [0.1, 0.15) is 22.6 Å². The van der Waals surface area contributed by atoms with E-state index in [0.717, 1.165) is 44.2 Å². The fourth-order valence-corrected chi connectivity index (χ4v) is 9.68. The van der Waals surface area contributed by atoms with Crippen molar-refractivity contribution in [1.82, 2.24) is 14.5 Å². The van der Waals surface area contributed by atoms with E-state index in [1.807, 2.05) is 12.1 Å². The largest absolute Gasteiger partial charge is 0.452 e. The molecule has 0 saturated carbocycles. The summed E-state index contributed by atoms with van der Waals surface area (Å²) in [6.45, 7) is 0. The van der Waals surface area contributed by atoms with Crippen LogP contribution in [0.3, 0.4) is 0 Å². The van der Waals surface area contributed by atoms with Crippen molar-refractivity contribution in [2.45, 2.75) is 5.92 Å². The maximum absolute atomic E-state index is 6.59. The Morgan fingerprint density at radius 2 is 1.25 bits per heavy atom. The second kappa shape index (κ2) is 10.6. The van der Waals surface area contributed by atoms with Gasteiger partial charge in [-0.2, -0.15) is 0 Å². The molecule has 0 amide bonds. The minimum absolute atomic E-state index is 0.177. The van der Waals surface area contributed by atoms with Gasteiger partial charge in [0.05, 0.1) is 11.0 Å². The Kier molecular flexibility index (Phi) is 5.65. The zero-order chi connectivity index (χ0) is 35.8. The van der Waals surface area contributed by atoms with Crippen molar-refractivity contribution in [1.29, 1.82) is 0 Å². The van der Waals surface area contributed by atoms with E-state index in [9.17, 15) is 0 Å². The van der Waals surface area contributed by atoms with Crippen LogP contribution < -0.4 is 0 Å². The Morgan fingerprint density at radius 3 is 2.18 bits per heavy atom. The molecule has 1 unspecified atom stereocenters. The van der Waals surface area contributed by atoms with E-state index in [0.29, 0.717) is 11.5 Å². The van der Waals surface area contributed by atoms with Crippen LogP contribution >= 0.6 is 0 Å². The fourth-order valence-electron chi connectivity index (χ4n) is 9.68. The number of nitrogens with zero attached hydrogens (tertiary/aromatic N) is 3. The van der Waals surface area contributed by atoms with Crippen LogP contribution in [-0.2, 0) is 0 Å². The molecule has 4 heteroatoms. The van der Waals surface area contributed by atoms with Gasteiger partial charge in [0.2, 0.25) is 5.95 Å². The predicted molar refractivity (Wildman–Crippen MR) is 224 cm³/mol. The second-order valence-electron chi connectivity index (χ2n) is 14.9. The van der Waals surface area contributed by atoms with Gasteiger partial charge < -0.3 is 4.42 Å². The number of aromatic nitrogens is 3. The average molecular weight is 700 g/mol. The first-order valence-corrected chi connectivity index (χ1v) is 18.9. The number of para-hydroxylation sites is 2. The summed E-state index contributed by atoms with van der Waals surface area (Å²) in [6.07, 6.45) is 0. The highest BCUT2D eigenvalue weighted by molar-refractivity contribution is 6.20. The lowest BCUT2D eigenvalue weighted by molar-refractivity contribution is 0.666. The molecule has 11 aromatic rings. The van der Waals surface area contributed by atoms with Gasteiger partial charge in [-0.1, -0.05) is 133 Å². The van der Waals surface area contributed by atoms with E-state index < -0.39 is 0 Å². The monoisotopic (exact) mass is 699 g/mol. The highest BCUT2D eigenvalue weighted by Crippen LogP contribution is 2.61. The SMILES string of the molecule is c1ccc(-c2ccc3c(c2)C2c4ccccc4-c4c2c-3cc2c4c3ccccc3n2-c2nc(-c3ccc4ccccc4c3)c3oc4ccccc4c3n2)cc1. The van der Waals surface area contributed by atoms with Gasteiger partial charge in [-0.15, -0.1) is 0 Å². The summed E-state index contributed by atoms with van der Waals surface area (Å²) in [5.41, 5.74) is 18.1. The van der Waals surface area contributed by atoms with E-state index in [2.05, 4.69) is 162 Å². The van der Waals surface area contributed by atoms with Gasteiger partial charge in [-0.25, -0.2) is 9.97 Å². The summed E-state index contributed by atoms with van der Waals surface area (Å²) >= 11 is 0. The third-order valence-electron chi connectivity index (χ3n) is 12.0. The predicted octanol–water partition coefficient (Wildman–Crippen LogP) is 13.1. The summed E-state index contributed by atoms with van der Waals surface area (Å²) in [4.78, 5) is 10.9. The molecule has 0 spiro atoms. The number of benzene rings is 8. The highest BCUT2D eigenvalue weighted by atomic mass is 16.3.